The zero-order valence-electron chi connectivity index (χ0n) is 22.9. The normalized spacial score (nSPS) is 12.2. The van der Waals surface area contributed by atoms with Crippen molar-refractivity contribution in [1.29, 1.82) is 0 Å². The number of hydrogen-bond acceptors (Lipinski definition) is 7. The molecular weight excluding hydrogens is 534 g/mol. The quantitative estimate of drug-likeness (QED) is 0.145. The van der Waals surface area contributed by atoms with Gasteiger partial charge in [-0.2, -0.15) is 5.10 Å². The molecule has 9 nitrogen and oxygen atoms in total. The molecule has 5 rings (SSSR count). The maximum absolute atomic E-state index is 13.2. The van der Waals surface area contributed by atoms with Crippen molar-refractivity contribution in [3.8, 4) is 23.0 Å². The number of rotatable bonds is 11. The minimum absolute atomic E-state index is 0.000432. The number of carbonyl (C=O) groups excluding carboxylic acids is 2. The lowest BCUT2D eigenvalue weighted by Crippen LogP contribution is -2.32. The van der Waals surface area contributed by atoms with E-state index in [4.69, 9.17) is 18.9 Å². The fourth-order valence-corrected chi connectivity index (χ4v) is 4.07. The predicted molar refractivity (Wildman–Crippen MR) is 159 cm³/mol. The van der Waals surface area contributed by atoms with Crippen LogP contribution in [0.4, 0.5) is 0 Å². The van der Waals surface area contributed by atoms with Gasteiger partial charge in [0, 0.05) is 5.56 Å². The molecule has 1 heterocycles. The number of ether oxygens (including phenoxy) is 4. The Morgan fingerprint density at radius 1 is 0.833 bits per heavy atom. The standard InChI is InChI=1S/C33H29N3O6/c1-2-39-30-19-25(14-16-28(30)40-21-23-9-5-3-6-10-23)20-34-36-33(38)27(35-32(37)26-11-7-4-8-12-26)17-24-13-15-29-31(18-24)42-22-41-29/h3-20H,2,21-22H2,1H3,(H,35,37)(H,36,38)/b27-17+,34-20-. The Balaban J connectivity index is 1.30. The number of hydrazone groups is 1. The van der Waals surface area contributed by atoms with Crippen molar-refractivity contribution in [3.63, 3.8) is 0 Å². The molecule has 0 unspecified atom stereocenters. The van der Waals surface area contributed by atoms with Crippen LogP contribution in [0.15, 0.2) is 108 Å². The molecule has 1 aliphatic heterocycles. The third kappa shape index (κ3) is 7.33. The van der Waals surface area contributed by atoms with Crippen LogP contribution in [0, 0.1) is 0 Å². The first kappa shape index (κ1) is 28.0. The molecule has 0 saturated heterocycles. The maximum Gasteiger partial charge on any atom is 0.287 e. The minimum atomic E-state index is -0.610. The zero-order chi connectivity index (χ0) is 29.1. The molecule has 0 atom stereocenters. The number of hydrogen-bond donors (Lipinski definition) is 2. The molecule has 4 aromatic rings. The lowest BCUT2D eigenvalue weighted by molar-refractivity contribution is -0.117. The molecule has 2 amide bonds. The van der Waals surface area contributed by atoms with Gasteiger partial charge in [0.15, 0.2) is 23.0 Å². The molecule has 0 fully saturated rings. The van der Waals surface area contributed by atoms with Crippen LogP contribution in [0.3, 0.4) is 0 Å². The van der Waals surface area contributed by atoms with Gasteiger partial charge in [0.05, 0.1) is 12.8 Å². The Labute approximate surface area is 243 Å². The zero-order valence-corrected chi connectivity index (χ0v) is 22.9. The van der Waals surface area contributed by atoms with Crippen molar-refractivity contribution in [2.45, 2.75) is 13.5 Å². The fraction of sp³-hybridized carbons (Fsp3) is 0.121. The summed E-state index contributed by atoms with van der Waals surface area (Å²) in [5.41, 5.74) is 5.25. The van der Waals surface area contributed by atoms with Gasteiger partial charge in [0.25, 0.3) is 11.8 Å². The third-order valence-corrected chi connectivity index (χ3v) is 6.12. The summed E-state index contributed by atoms with van der Waals surface area (Å²) in [5, 5.41) is 6.80. The number of carbonyl (C=O) groups is 2. The molecule has 0 radical (unpaired) electrons. The first-order chi connectivity index (χ1) is 20.6. The van der Waals surface area contributed by atoms with Gasteiger partial charge in [-0.05, 0) is 72.2 Å². The molecule has 0 spiro atoms. The molecule has 0 saturated carbocycles. The SMILES string of the molecule is CCOc1cc(/C=N\NC(=O)/C(=C\c2ccc3c(c2)OCO3)NC(=O)c2ccccc2)ccc1OCc1ccccc1. The molecule has 42 heavy (non-hydrogen) atoms. The smallest absolute Gasteiger partial charge is 0.287 e. The summed E-state index contributed by atoms with van der Waals surface area (Å²) in [7, 11) is 0. The van der Waals surface area contributed by atoms with Crippen molar-refractivity contribution < 1.29 is 28.5 Å². The first-order valence-electron chi connectivity index (χ1n) is 13.3. The van der Waals surface area contributed by atoms with Crippen LogP contribution in [0.25, 0.3) is 6.08 Å². The molecule has 2 N–H and O–H groups in total. The summed E-state index contributed by atoms with van der Waals surface area (Å²) in [6.45, 7) is 2.87. The minimum Gasteiger partial charge on any atom is -0.490 e. The van der Waals surface area contributed by atoms with Crippen LogP contribution in [0.5, 0.6) is 23.0 Å². The van der Waals surface area contributed by atoms with Crippen molar-refractivity contribution >= 4 is 24.1 Å². The second-order valence-corrected chi connectivity index (χ2v) is 9.10. The molecule has 9 heteroatoms. The largest absolute Gasteiger partial charge is 0.490 e. The molecule has 212 valence electrons. The Morgan fingerprint density at radius 2 is 1.57 bits per heavy atom. The van der Waals surface area contributed by atoms with Gasteiger partial charge in [0.2, 0.25) is 6.79 Å². The lowest BCUT2D eigenvalue weighted by atomic mass is 10.1. The van der Waals surface area contributed by atoms with Gasteiger partial charge in [-0.1, -0.05) is 54.6 Å². The second-order valence-electron chi connectivity index (χ2n) is 9.10. The molecule has 0 bridgehead atoms. The van der Waals surface area contributed by atoms with E-state index in [0.717, 1.165) is 5.56 Å². The monoisotopic (exact) mass is 563 g/mol. The van der Waals surface area contributed by atoms with E-state index in [-0.39, 0.29) is 12.5 Å². The van der Waals surface area contributed by atoms with Crippen LogP contribution >= 0.6 is 0 Å². The van der Waals surface area contributed by atoms with E-state index in [2.05, 4.69) is 15.8 Å². The highest BCUT2D eigenvalue weighted by Crippen LogP contribution is 2.33. The molecule has 0 aliphatic carbocycles. The Kier molecular flexibility index (Phi) is 9.11. The van der Waals surface area contributed by atoms with Crippen molar-refractivity contribution in [2.24, 2.45) is 5.10 Å². The van der Waals surface area contributed by atoms with E-state index in [0.29, 0.717) is 52.9 Å². The Bertz CT molecular complexity index is 1600. The van der Waals surface area contributed by atoms with E-state index in [1.54, 1.807) is 72.8 Å². The van der Waals surface area contributed by atoms with E-state index >= 15 is 0 Å². The Morgan fingerprint density at radius 3 is 2.36 bits per heavy atom. The van der Waals surface area contributed by atoms with Gasteiger partial charge >= 0.3 is 0 Å². The third-order valence-electron chi connectivity index (χ3n) is 6.12. The topological polar surface area (TPSA) is 107 Å². The van der Waals surface area contributed by atoms with Gasteiger partial charge < -0.3 is 24.3 Å². The molecule has 4 aromatic carbocycles. The number of amides is 2. The van der Waals surface area contributed by atoms with Crippen molar-refractivity contribution in [3.05, 3.63) is 125 Å². The summed E-state index contributed by atoms with van der Waals surface area (Å²) in [6.07, 6.45) is 3.03. The van der Waals surface area contributed by atoms with E-state index < -0.39 is 11.8 Å². The molecule has 0 aromatic heterocycles. The van der Waals surface area contributed by atoms with Crippen molar-refractivity contribution in [2.75, 3.05) is 13.4 Å². The average Bonchev–Trinajstić information content (AvgIpc) is 3.49. The van der Waals surface area contributed by atoms with Crippen LogP contribution < -0.4 is 29.7 Å². The first-order valence-corrected chi connectivity index (χ1v) is 13.3. The van der Waals surface area contributed by atoms with Gasteiger partial charge in [-0.15, -0.1) is 0 Å². The summed E-state index contributed by atoms with van der Waals surface area (Å²) in [5.74, 6) is 1.27. The van der Waals surface area contributed by atoms with Crippen LogP contribution in [0.2, 0.25) is 0 Å². The lowest BCUT2D eigenvalue weighted by Gasteiger charge is -2.12. The number of nitrogens with one attached hydrogen (secondary N) is 2. The summed E-state index contributed by atoms with van der Waals surface area (Å²) >= 11 is 0. The number of nitrogens with zero attached hydrogens (tertiary/aromatic N) is 1. The second kappa shape index (κ2) is 13.7. The molecule has 1 aliphatic rings. The van der Waals surface area contributed by atoms with Crippen molar-refractivity contribution in [1.82, 2.24) is 10.7 Å². The highest BCUT2D eigenvalue weighted by molar-refractivity contribution is 6.05. The summed E-state index contributed by atoms with van der Waals surface area (Å²) in [6, 6.07) is 29.1. The van der Waals surface area contributed by atoms with Gasteiger partial charge in [-0.3, -0.25) is 9.59 Å². The van der Waals surface area contributed by atoms with Crippen LogP contribution in [0.1, 0.15) is 34.0 Å². The Hall–Kier alpha value is -5.57. The van der Waals surface area contributed by atoms with Gasteiger partial charge in [-0.25, -0.2) is 5.43 Å². The average molecular weight is 564 g/mol. The fourth-order valence-electron chi connectivity index (χ4n) is 4.07. The van der Waals surface area contributed by atoms with E-state index in [9.17, 15) is 9.59 Å². The highest BCUT2D eigenvalue weighted by atomic mass is 16.7. The number of fused-ring (bicyclic) bond motifs is 1. The van der Waals surface area contributed by atoms with Crippen LogP contribution in [-0.4, -0.2) is 31.4 Å². The van der Waals surface area contributed by atoms with Gasteiger partial charge in [0.1, 0.15) is 12.3 Å². The molecular formula is C33H29N3O6. The summed E-state index contributed by atoms with van der Waals surface area (Å²) in [4.78, 5) is 26.0. The highest BCUT2D eigenvalue weighted by Gasteiger charge is 2.17. The van der Waals surface area contributed by atoms with Crippen LogP contribution in [-0.2, 0) is 11.4 Å². The van der Waals surface area contributed by atoms with E-state index in [1.165, 1.54) is 6.21 Å². The number of benzene rings is 4. The maximum atomic E-state index is 13.2. The summed E-state index contributed by atoms with van der Waals surface area (Å²) < 4.78 is 22.5. The van der Waals surface area contributed by atoms with E-state index in [1.807, 2.05) is 37.3 Å². The predicted octanol–water partition coefficient (Wildman–Crippen LogP) is 5.31.